The van der Waals surface area contributed by atoms with Crippen LogP contribution in [0.15, 0.2) is 48.1 Å². The monoisotopic (exact) mass is 184 g/mol. The summed E-state index contributed by atoms with van der Waals surface area (Å²) < 4.78 is 0. The van der Waals surface area contributed by atoms with Gasteiger partial charge in [-0.3, -0.25) is 0 Å². The summed E-state index contributed by atoms with van der Waals surface area (Å²) in [6.45, 7) is 11.9. The van der Waals surface area contributed by atoms with Crippen LogP contribution in [-0.4, -0.2) is 0 Å². The summed E-state index contributed by atoms with van der Waals surface area (Å²) in [7, 11) is 0. The van der Waals surface area contributed by atoms with Crippen molar-refractivity contribution in [3.8, 4) is 0 Å². The Morgan fingerprint density at radius 2 is 1.93 bits per heavy atom. The fourth-order valence-corrected chi connectivity index (χ4v) is 1.30. The molecule has 0 radical (unpaired) electrons. The van der Waals surface area contributed by atoms with Crippen molar-refractivity contribution in [1.82, 2.24) is 0 Å². The smallest absolute Gasteiger partial charge is 0.0184 e. The summed E-state index contributed by atoms with van der Waals surface area (Å²) in [6.07, 6.45) is 4.18. The predicted octanol–water partition coefficient (Wildman–Crippen LogP) is 2.40. The summed E-state index contributed by atoms with van der Waals surface area (Å²) in [5.74, 6) is 0. The van der Waals surface area contributed by atoms with Gasteiger partial charge < -0.3 is 0 Å². The third kappa shape index (κ3) is 2.46. The first-order chi connectivity index (χ1) is 6.65. The summed E-state index contributed by atoms with van der Waals surface area (Å²) in [5, 5.41) is 2.21. The first-order valence-electron chi connectivity index (χ1n) is 4.73. The van der Waals surface area contributed by atoms with Crippen LogP contribution in [-0.2, 0) is 0 Å². The molecule has 0 saturated carbocycles. The van der Waals surface area contributed by atoms with Gasteiger partial charge in [0, 0.05) is 0 Å². The highest BCUT2D eigenvalue weighted by Crippen LogP contribution is 2.06. The normalized spacial score (nSPS) is 13.0. The van der Waals surface area contributed by atoms with Gasteiger partial charge in [0.15, 0.2) is 0 Å². The molecule has 0 nitrogen and oxygen atoms in total. The minimum atomic E-state index is 1.05. The first kappa shape index (κ1) is 10.5. The first-order valence-corrected chi connectivity index (χ1v) is 4.73. The topological polar surface area (TPSA) is 0 Å². The Morgan fingerprint density at radius 3 is 2.43 bits per heavy atom. The molecule has 1 aromatic rings. The van der Waals surface area contributed by atoms with E-state index in [2.05, 4.69) is 31.4 Å². The van der Waals surface area contributed by atoms with Crippen LogP contribution < -0.4 is 10.4 Å². The minimum Gasteiger partial charge on any atom is -0.0955 e. The number of benzene rings is 1. The SMILES string of the molecule is C=C(C)C(=C\C)/C=c1/ccccc1=C. The minimum absolute atomic E-state index is 1.05. The maximum Gasteiger partial charge on any atom is -0.0184 e. The van der Waals surface area contributed by atoms with E-state index in [1.807, 2.05) is 32.0 Å². The average molecular weight is 184 g/mol. The van der Waals surface area contributed by atoms with Crippen LogP contribution in [0.3, 0.4) is 0 Å². The third-order valence-electron chi connectivity index (χ3n) is 2.17. The van der Waals surface area contributed by atoms with Crippen LogP contribution in [0.1, 0.15) is 13.8 Å². The Morgan fingerprint density at radius 1 is 1.29 bits per heavy atom. The van der Waals surface area contributed by atoms with E-state index in [1.54, 1.807) is 0 Å². The van der Waals surface area contributed by atoms with E-state index in [1.165, 1.54) is 5.57 Å². The van der Waals surface area contributed by atoms with Gasteiger partial charge in [-0.2, -0.15) is 0 Å². The van der Waals surface area contributed by atoms with Crippen LogP contribution in [0, 0.1) is 0 Å². The second kappa shape index (κ2) is 4.61. The summed E-state index contributed by atoms with van der Waals surface area (Å²) in [6, 6.07) is 8.09. The summed E-state index contributed by atoms with van der Waals surface area (Å²) in [5.41, 5.74) is 2.25. The molecule has 0 heteroatoms. The van der Waals surface area contributed by atoms with Crippen molar-refractivity contribution in [2.45, 2.75) is 13.8 Å². The lowest BCUT2D eigenvalue weighted by atomic mass is 10.1. The zero-order valence-electron chi connectivity index (χ0n) is 8.88. The molecule has 0 N–H and O–H groups in total. The van der Waals surface area contributed by atoms with E-state index in [0.29, 0.717) is 0 Å². The Hall–Kier alpha value is -1.56. The molecule has 1 aromatic carbocycles. The van der Waals surface area contributed by atoms with Crippen molar-refractivity contribution in [2.75, 3.05) is 0 Å². The second-order valence-corrected chi connectivity index (χ2v) is 3.37. The van der Waals surface area contributed by atoms with Crippen LogP contribution in [0.2, 0.25) is 0 Å². The number of hydrogen-bond donors (Lipinski definition) is 0. The lowest BCUT2D eigenvalue weighted by molar-refractivity contribution is 1.44. The Kier molecular flexibility index (Phi) is 3.47. The molecular formula is C14H16. The van der Waals surface area contributed by atoms with Gasteiger partial charge in [0.1, 0.15) is 0 Å². The molecule has 0 aliphatic carbocycles. The van der Waals surface area contributed by atoms with Gasteiger partial charge in [-0.25, -0.2) is 0 Å². The fraction of sp³-hybridized carbons (Fsp3) is 0.143. The van der Waals surface area contributed by atoms with E-state index in [9.17, 15) is 0 Å². The van der Waals surface area contributed by atoms with Gasteiger partial charge in [-0.1, -0.05) is 49.1 Å². The summed E-state index contributed by atoms with van der Waals surface area (Å²) >= 11 is 0. The zero-order chi connectivity index (χ0) is 10.6. The second-order valence-electron chi connectivity index (χ2n) is 3.37. The lowest BCUT2D eigenvalue weighted by Crippen LogP contribution is -2.21. The predicted molar refractivity (Wildman–Crippen MR) is 64.3 cm³/mol. The molecule has 1 rings (SSSR count). The fourth-order valence-electron chi connectivity index (χ4n) is 1.30. The van der Waals surface area contributed by atoms with Gasteiger partial charge in [0.05, 0.1) is 0 Å². The standard InChI is InChI=1S/C14H16/c1-5-13(11(2)3)10-14-9-7-6-8-12(14)4/h5-10H,2,4H2,1,3H3/b13-5-,14-10-. The molecule has 0 heterocycles. The molecule has 0 unspecified atom stereocenters. The van der Waals surface area contributed by atoms with Crippen molar-refractivity contribution < 1.29 is 0 Å². The molecule has 0 aromatic heterocycles. The van der Waals surface area contributed by atoms with Crippen molar-refractivity contribution in [3.63, 3.8) is 0 Å². The maximum absolute atomic E-state index is 3.98. The van der Waals surface area contributed by atoms with Gasteiger partial charge in [0.25, 0.3) is 0 Å². The summed E-state index contributed by atoms with van der Waals surface area (Å²) in [4.78, 5) is 0. The Bertz CT molecular complexity index is 461. The molecule has 0 amide bonds. The maximum atomic E-state index is 3.98. The van der Waals surface area contributed by atoms with Crippen molar-refractivity contribution >= 4 is 12.7 Å². The quantitative estimate of drug-likeness (QED) is 0.619. The van der Waals surface area contributed by atoms with Gasteiger partial charge in [0.2, 0.25) is 0 Å². The molecule has 0 fully saturated rings. The Balaban J connectivity index is 3.30. The zero-order valence-corrected chi connectivity index (χ0v) is 8.88. The van der Waals surface area contributed by atoms with E-state index < -0.39 is 0 Å². The van der Waals surface area contributed by atoms with Gasteiger partial charge in [-0.05, 0) is 35.9 Å². The van der Waals surface area contributed by atoms with Crippen molar-refractivity contribution in [1.29, 1.82) is 0 Å². The molecule has 0 spiro atoms. The molecule has 0 bridgehead atoms. The van der Waals surface area contributed by atoms with Crippen LogP contribution >= 0.6 is 0 Å². The van der Waals surface area contributed by atoms with Crippen LogP contribution in [0.25, 0.3) is 12.7 Å². The largest absolute Gasteiger partial charge is 0.0955 e. The van der Waals surface area contributed by atoms with Crippen LogP contribution in [0.4, 0.5) is 0 Å². The molecule has 0 saturated heterocycles. The molecular weight excluding hydrogens is 168 g/mol. The van der Waals surface area contributed by atoms with Crippen LogP contribution in [0.5, 0.6) is 0 Å². The van der Waals surface area contributed by atoms with E-state index in [-0.39, 0.29) is 0 Å². The highest BCUT2D eigenvalue weighted by atomic mass is 14.0. The van der Waals surface area contributed by atoms with Gasteiger partial charge >= 0.3 is 0 Å². The molecule has 0 aliphatic rings. The van der Waals surface area contributed by atoms with E-state index >= 15 is 0 Å². The molecule has 0 atom stereocenters. The lowest BCUT2D eigenvalue weighted by Gasteiger charge is -1.98. The van der Waals surface area contributed by atoms with E-state index in [0.717, 1.165) is 16.0 Å². The third-order valence-corrected chi connectivity index (χ3v) is 2.17. The number of hydrogen-bond acceptors (Lipinski definition) is 0. The molecule has 0 aliphatic heterocycles. The highest BCUT2D eigenvalue weighted by Gasteiger charge is 1.90. The molecule has 14 heavy (non-hydrogen) atoms. The van der Waals surface area contributed by atoms with Crippen molar-refractivity contribution in [2.24, 2.45) is 0 Å². The number of rotatable bonds is 2. The number of allylic oxidation sites excluding steroid dienone is 3. The Labute approximate surface area is 85.6 Å². The average Bonchev–Trinajstić information content (AvgIpc) is 2.16. The van der Waals surface area contributed by atoms with Gasteiger partial charge in [-0.15, -0.1) is 0 Å². The molecule has 72 valence electrons. The van der Waals surface area contributed by atoms with Crippen molar-refractivity contribution in [3.05, 3.63) is 58.5 Å². The van der Waals surface area contributed by atoms with E-state index in [4.69, 9.17) is 0 Å². The highest BCUT2D eigenvalue weighted by molar-refractivity contribution is 5.56.